The van der Waals surface area contributed by atoms with Gasteiger partial charge in [0.1, 0.15) is 6.26 Å². The van der Waals surface area contributed by atoms with Gasteiger partial charge < -0.3 is 14.4 Å². The van der Waals surface area contributed by atoms with Crippen LogP contribution in [0, 0.1) is 17.8 Å². The van der Waals surface area contributed by atoms with Crippen molar-refractivity contribution in [3.05, 3.63) is 82.2 Å². The third-order valence-electron chi connectivity index (χ3n) is 8.90. The zero-order valence-corrected chi connectivity index (χ0v) is 21.3. The number of halogens is 1. The predicted octanol–water partition coefficient (Wildman–Crippen LogP) is 5.28. The van der Waals surface area contributed by atoms with E-state index in [0.29, 0.717) is 23.8 Å². The zero-order chi connectivity index (χ0) is 23.5. The number of carbonyl (C=O) groups excluding carboxylic acids is 1. The molecule has 2 aromatic carbocycles. The maximum atomic E-state index is 14.6. The highest BCUT2D eigenvalue weighted by Crippen LogP contribution is 2.59. The molecule has 6 unspecified atom stereocenters. The second kappa shape index (κ2) is 8.67. The summed E-state index contributed by atoms with van der Waals surface area (Å²) in [5.74, 6) is 2.10. The molecule has 5 nitrogen and oxygen atoms in total. The Hall–Kier alpha value is -2.31. The summed E-state index contributed by atoms with van der Waals surface area (Å²) < 4.78 is 12.6. The van der Waals surface area contributed by atoms with Crippen molar-refractivity contribution in [3.8, 4) is 0 Å². The van der Waals surface area contributed by atoms with Gasteiger partial charge in [-0.25, -0.2) is 0 Å². The van der Waals surface area contributed by atoms with Crippen LogP contribution in [0.4, 0.5) is 0 Å². The molecule has 2 aromatic rings. The van der Waals surface area contributed by atoms with Gasteiger partial charge in [0.25, 0.3) is 0 Å². The van der Waals surface area contributed by atoms with E-state index >= 15 is 0 Å². The third kappa shape index (κ3) is 3.63. The summed E-state index contributed by atoms with van der Waals surface area (Å²) in [6.07, 6.45) is 7.37. The summed E-state index contributed by atoms with van der Waals surface area (Å²) >= 11 is 3.59. The zero-order valence-electron chi connectivity index (χ0n) is 19.8. The van der Waals surface area contributed by atoms with Gasteiger partial charge in [-0.3, -0.25) is 9.69 Å². The molecule has 7 rings (SSSR count). The van der Waals surface area contributed by atoms with Gasteiger partial charge in [0.15, 0.2) is 5.76 Å². The van der Waals surface area contributed by atoms with Crippen LogP contribution in [0.1, 0.15) is 42.9 Å². The number of rotatable bonds is 6. The highest BCUT2D eigenvalue weighted by molar-refractivity contribution is 9.10. The number of ether oxygens (including phenoxy) is 2. The lowest BCUT2D eigenvalue weighted by atomic mass is 9.80. The number of carbonyl (C=O) groups is 1. The van der Waals surface area contributed by atoms with Gasteiger partial charge in [0, 0.05) is 34.9 Å². The molecule has 6 atom stereocenters. The van der Waals surface area contributed by atoms with E-state index in [0.717, 1.165) is 23.2 Å². The van der Waals surface area contributed by atoms with Gasteiger partial charge in [0.05, 0.1) is 12.0 Å². The Labute approximate surface area is 215 Å². The van der Waals surface area contributed by atoms with Crippen molar-refractivity contribution >= 4 is 21.8 Å². The van der Waals surface area contributed by atoms with E-state index in [2.05, 4.69) is 74.3 Å². The molecule has 1 amide bonds. The van der Waals surface area contributed by atoms with Gasteiger partial charge in [0.2, 0.25) is 12.7 Å². The smallest absolute Gasteiger partial charge is 0.229 e. The van der Waals surface area contributed by atoms with Crippen molar-refractivity contribution in [2.75, 3.05) is 13.3 Å². The van der Waals surface area contributed by atoms with Crippen LogP contribution in [0.3, 0.4) is 0 Å². The molecule has 0 radical (unpaired) electrons. The summed E-state index contributed by atoms with van der Waals surface area (Å²) in [6.45, 7) is 1.33. The van der Waals surface area contributed by atoms with Crippen molar-refractivity contribution in [3.63, 3.8) is 0 Å². The van der Waals surface area contributed by atoms with Gasteiger partial charge in [-0.1, -0.05) is 58.4 Å². The molecule has 1 saturated carbocycles. The fourth-order valence-corrected chi connectivity index (χ4v) is 7.74. The number of fused-ring (bicyclic) bond motifs is 3. The predicted molar refractivity (Wildman–Crippen MR) is 136 cm³/mol. The largest absolute Gasteiger partial charge is 0.462 e. The van der Waals surface area contributed by atoms with E-state index in [1.165, 1.54) is 36.8 Å². The molecule has 0 aromatic heterocycles. The van der Waals surface area contributed by atoms with E-state index in [-0.39, 0.29) is 30.8 Å². The Morgan fingerprint density at radius 2 is 1.83 bits per heavy atom. The number of amides is 1. The number of hydrogen-bond acceptors (Lipinski definition) is 4. The first kappa shape index (κ1) is 21.9. The summed E-state index contributed by atoms with van der Waals surface area (Å²) in [6, 6.07) is 20.0. The van der Waals surface area contributed by atoms with Crippen molar-refractivity contribution < 1.29 is 14.3 Å². The monoisotopic (exact) mass is 534 g/mol. The standard InChI is InChI=1S/C29H31BrN2O3/c30-21-12-10-19(11-13-21)27-26-25(22-7-4-14-31(22)27)28(20-8-9-20)32(29(26)33)23(24-16-34-17-35-24)15-18-5-2-1-3-6-18/h1-3,5-6,10-13,16,20,22-23,25-28H,4,7-9,14-15,17H2. The molecule has 4 fully saturated rings. The van der Waals surface area contributed by atoms with E-state index in [1.54, 1.807) is 6.26 Å². The second-order valence-corrected chi connectivity index (χ2v) is 11.7. The molecule has 35 heavy (non-hydrogen) atoms. The number of hydrogen-bond donors (Lipinski definition) is 0. The first-order valence-corrected chi connectivity index (χ1v) is 13.8. The normalized spacial score (nSPS) is 32.7. The molecule has 0 N–H and O–H groups in total. The Kier molecular flexibility index (Phi) is 5.43. The van der Waals surface area contributed by atoms with E-state index in [4.69, 9.17) is 9.47 Å². The average molecular weight is 535 g/mol. The molecule has 0 spiro atoms. The topological polar surface area (TPSA) is 42.0 Å². The molecule has 1 aliphatic carbocycles. The molecule has 0 bridgehead atoms. The van der Waals surface area contributed by atoms with Gasteiger partial charge in [-0.2, -0.15) is 0 Å². The highest BCUT2D eigenvalue weighted by Gasteiger charge is 2.66. The van der Waals surface area contributed by atoms with Crippen LogP contribution >= 0.6 is 15.9 Å². The van der Waals surface area contributed by atoms with Crippen LogP contribution in [0.2, 0.25) is 0 Å². The molecule has 182 valence electrons. The van der Waals surface area contributed by atoms with Crippen LogP contribution in [-0.4, -0.2) is 47.2 Å². The Bertz CT molecular complexity index is 1130. The summed E-state index contributed by atoms with van der Waals surface area (Å²) in [5, 5.41) is 0. The molecule has 5 aliphatic rings. The van der Waals surface area contributed by atoms with Crippen molar-refractivity contribution in [2.24, 2.45) is 17.8 Å². The lowest BCUT2D eigenvalue weighted by Gasteiger charge is -2.38. The summed E-state index contributed by atoms with van der Waals surface area (Å²) in [4.78, 5) is 19.5. The second-order valence-electron chi connectivity index (χ2n) is 10.8. The van der Waals surface area contributed by atoms with Gasteiger partial charge >= 0.3 is 0 Å². The van der Waals surface area contributed by atoms with E-state index < -0.39 is 0 Å². The van der Waals surface area contributed by atoms with Crippen LogP contribution in [0.15, 0.2) is 71.1 Å². The molecular formula is C29H31BrN2O3. The van der Waals surface area contributed by atoms with Crippen molar-refractivity contribution in [2.45, 2.75) is 56.3 Å². The minimum atomic E-state index is -0.121. The first-order chi connectivity index (χ1) is 17.2. The maximum absolute atomic E-state index is 14.6. The van der Waals surface area contributed by atoms with Crippen molar-refractivity contribution in [1.29, 1.82) is 0 Å². The number of nitrogens with zero attached hydrogens (tertiary/aromatic N) is 2. The Morgan fingerprint density at radius 3 is 2.54 bits per heavy atom. The van der Waals surface area contributed by atoms with Crippen LogP contribution < -0.4 is 0 Å². The van der Waals surface area contributed by atoms with E-state index in [9.17, 15) is 4.79 Å². The molecule has 4 heterocycles. The third-order valence-corrected chi connectivity index (χ3v) is 9.43. The van der Waals surface area contributed by atoms with Crippen molar-refractivity contribution in [1.82, 2.24) is 9.80 Å². The summed E-state index contributed by atoms with van der Waals surface area (Å²) in [7, 11) is 0. The highest BCUT2D eigenvalue weighted by atomic mass is 79.9. The fraction of sp³-hybridized carbons (Fsp3) is 0.483. The molecular weight excluding hydrogens is 504 g/mol. The molecule has 4 aliphatic heterocycles. The Balaban J connectivity index is 1.31. The maximum Gasteiger partial charge on any atom is 0.229 e. The fourth-order valence-electron chi connectivity index (χ4n) is 7.47. The number of likely N-dealkylation sites (tertiary alicyclic amines) is 1. The average Bonchev–Trinajstić information content (AvgIpc) is 3.21. The van der Waals surface area contributed by atoms with Crippen LogP contribution in [0.25, 0.3) is 0 Å². The van der Waals surface area contributed by atoms with E-state index in [1.807, 2.05) is 6.07 Å². The summed E-state index contributed by atoms with van der Waals surface area (Å²) in [5.41, 5.74) is 2.50. The van der Waals surface area contributed by atoms with Crippen LogP contribution in [0.5, 0.6) is 0 Å². The molecule has 6 heteroatoms. The minimum absolute atomic E-state index is 0.00766. The Morgan fingerprint density at radius 1 is 1.03 bits per heavy atom. The molecule has 3 saturated heterocycles. The SMILES string of the molecule is O=C1C2C(C3CCCN3C2c2ccc(Br)cc2)C(C2CC2)N1C(Cc1ccccc1)C1=COCO1. The lowest BCUT2D eigenvalue weighted by molar-refractivity contribution is -0.136. The van der Waals surface area contributed by atoms with Gasteiger partial charge in [-0.15, -0.1) is 0 Å². The van der Waals surface area contributed by atoms with Gasteiger partial charge in [-0.05, 0) is 61.4 Å². The van der Waals surface area contributed by atoms with Crippen LogP contribution in [-0.2, 0) is 20.7 Å². The minimum Gasteiger partial charge on any atom is -0.462 e. The number of benzene rings is 2. The quantitative estimate of drug-likeness (QED) is 0.505. The first-order valence-electron chi connectivity index (χ1n) is 13.0. The lowest BCUT2D eigenvalue weighted by Crippen LogP contribution is -2.49.